The van der Waals surface area contributed by atoms with Crippen molar-refractivity contribution in [3.63, 3.8) is 0 Å². The molecule has 132 valence electrons. The van der Waals surface area contributed by atoms with Gasteiger partial charge in [0.15, 0.2) is 6.61 Å². The molecule has 0 bridgehead atoms. The Bertz CT molecular complexity index is 618. The molecule has 1 fully saturated rings. The number of aliphatic carboxylic acids is 1. The van der Waals surface area contributed by atoms with Crippen LogP contribution in [0.25, 0.3) is 0 Å². The van der Waals surface area contributed by atoms with Crippen molar-refractivity contribution in [1.82, 2.24) is 4.90 Å². The molecule has 5 nitrogen and oxygen atoms in total. The number of rotatable bonds is 4. The first-order valence-corrected chi connectivity index (χ1v) is 7.51. The summed E-state index contributed by atoms with van der Waals surface area (Å²) in [4.78, 5) is 24.7. The monoisotopic (exact) mass is 345 g/mol. The number of likely N-dealkylation sites (tertiary alicyclic amines) is 1. The van der Waals surface area contributed by atoms with Gasteiger partial charge in [0, 0.05) is 12.6 Å². The maximum Gasteiger partial charge on any atom is 0.416 e. The summed E-state index contributed by atoms with van der Waals surface area (Å²) in [5.74, 6) is -2.08. The minimum absolute atomic E-state index is 0.0578. The summed E-state index contributed by atoms with van der Waals surface area (Å²) >= 11 is 0. The summed E-state index contributed by atoms with van der Waals surface area (Å²) in [5.41, 5.74) is -0.857. The lowest BCUT2D eigenvalue weighted by molar-refractivity contribution is -0.147. The van der Waals surface area contributed by atoms with E-state index in [0.717, 1.165) is 12.1 Å². The van der Waals surface area contributed by atoms with Gasteiger partial charge in [0.1, 0.15) is 5.75 Å². The van der Waals surface area contributed by atoms with E-state index in [9.17, 15) is 22.8 Å². The van der Waals surface area contributed by atoms with Crippen LogP contribution in [0.2, 0.25) is 0 Å². The predicted octanol–water partition coefficient (Wildman–Crippen LogP) is 2.80. The third-order valence-electron chi connectivity index (χ3n) is 4.08. The highest BCUT2D eigenvalue weighted by Gasteiger charge is 2.33. The molecule has 0 saturated carbocycles. The highest BCUT2D eigenvalue weighted by molar-refractivity contribution is 5.79. The molecule has 2 atom stereocenters. The maximum atomic E-state index is 12.6. The zero-order chi connectivity index (χ0) is 17.9. The molecular weight excluding hydrogens is 327 g/mol. The molecular formula is C16H18F3NO4. The number of ether oxygens (including phenoxy) is 1. The summed E-state index contributed by atoms with van der Waals surface area (Å²) in [6.45, 7) is 1.46. The van der Waals surface area contributed by atoms with E-state index >= 15 is 0 Å². The molecule has 2 rings (SSSR count). The van der Waals surface area contributed by atoms with Crippen molar-refractivity contribution in [2.75, 3.05) is 13.2 Å². The molecule has 0 radical (unpaired) electrons. The Morgan fingerprint density at radius 1 is 1.33 bits per heavy atom. The Hall–Kier alpha value is -2.25. The Balaban J connectivity index is 1.98. The Morgan fingerprint density at radius 3 is 2.67 bits per heavy atom. The van der Waals surface area contributed by atoms with E-state index in [1.807, 2.05) is 0 Å². The first-order chi connectivity index (χ1) is 11.2. The van der Waals surface area contributed by atoms with Crippen LogP contribution in [0.1, 0.15) is 25.3 Å². The van der Waals surface area contributed by atoms with Gasteiger partial charge in [-0.25, -0.2) is 0 Å². The molecule has 0 spiro atoms. The molecule has 0 aromatic heterocycles. The largest absolute Gasteiger partial charge is 0.484 e. The summed E-state index contributed by atoms with van der Waals surface area (Å²) in [5, 5.41) is 9.06. The molecule has 1 aliphatic heterocycles. The van der Waals surface area contributed by atoms with E-state index in [1.54, 1.807) is 6.92 Å². The zero-order valence-electron chi connectivity index (χ0n) is 13.0. The highest BCUT2D eigenvalue weighted by Crippen LogP contribution is 2.31. The molecule has 0 aliphatic carbocycles. The lowest BCUT2D eigenvalue weighted by Gasteiger charge is -2.36. The molecule has 1 heterocycles. The number of carboxylic acids is 1. The number of carboxylic acid groups (broad SMARTS) is 1. The van der Waals surface area contributed by atoms with E-state index in [2.05, 4.69) is 0 Å². The average Bonchev–Trinajstić information content (AvgIpc) is 2.52. The first-order valence-electron chi connectivity index (χ1n) is 7.51. The second-order valence-electron chi connectivity index (χ2n) is 5.82. The Labute approximate surface area is 137 Å². The average molecular weight is 345 g/mol. The third-order valence-corrected chi connectivity index (χ3v) is 4.08. The fourth-order valence-corrected chi connectivity index (χ4v) is 2.65. The van der Waals surface area contributed by atoms with Crippen LogP contribution in [0.4, 0.5) is 13.2 Å². The van der Waals surface area contributed by atoms with Crippen molar-refractivity contribution in [1.29, 1.82) is 0 Å². The van der Waals surface area contributed by atoms with Gasteiger partial charge in [-0.3, -0.25) is 9.59 Å². The first kappa shape index (κ1) is 18.1. The van der Waals surface area contributed by atoms with E-state index in [-0.39, 0.29) is 18.3 Å². The van der Waals surface area contributed by atoms with Crippen LogP contribution in [0.5, 0.6) is 5.75 Å². The van der Waals surface area contributed by atoms with Crippen LogP contribution >= 0.6 is 0 Å². The van der Waals surface area contributed by atoms with Gasteiger partial charge in [-0.05, 0) is 38.0 Å². The fourth-order valence-electron chi connectivity index (χ4n) is 2.65. The second kappa shape index (κ2) is 7.11. The predicted molar refractivity (Wildman–Crippen MR) is 78.5 cm³/mol. The molecule has 24 heavy (non-hydrogen) atoms. The van der Waals surface area contributed by atoms with Gasteiger partial charge in [-0.1, -0.05) is 6.07 Å². The van der Waals surface area contributed by atoms with Crippen LogP contribution in [0.15, 0.2) is 24.3 Å². The molecule has 1 N–H and O–H groups in total. The summed E-state index contributed by atoms with van der Waals surface area (Å²) in [6.07, 6.45) is -3.43. The molecule has 1 aromatic carbocycles. The molecule has 1 saturated heterocycles. The van der Waals surface area contributed by atoms with Crippen molar-refractivity contribution in [3.05, 3.63) is 29.8 Å². The van der Waals surface area contributed by atoms with Gasteiger partial charge in [-0.2, -0.15) is 13.2 Å². The maximum absolute atomic E-state index is 12.6. The van der Waals surface area contributed by atoms with Gasteiger partial charge in [0.25, 0.3) is 5.91 Å². The fraction of sp³-hybridized carbons (Fsp3) is 0.500. The number of piperidine rings is 1. The lowest BCUT2D eigenvalue weighted by atomic mass is 9.93. The highest BCUT2D eigenvalue weighted by atomic mass is 19.4. The van der Waals surface area contributed by atoms with Crippen LogP contribution in [-0.2, 0) is 15.8 Å². The summed E-state index contributed by atoms with van der Waals surface area (Å²) < 4.78 is 43.1. The van der Waals surface area contributed by atoms with Crippen LogP contribution in [0, 0.1) is 5.92 Å². The van der Waals surface area contributed by atoms with Crippen LogP contribution in [0.3, 0.4) is 0 Å². The van der Waals surface area contributed by atoms with Gasteiger partial charge >= 0.3 is 12.1 Å². The van der Waals surface area contributed by atoms with Gasteiger partial charge in [0.05, 0.1) is 11.5 Å². The number of alkyl halides is 3. The van der Waals surface area contributed by atoms with Crippen LogP contribution < -0.4 is 4.74 Å². The quantitative estimate of drug-likeness (QED) is 0.911. The minimum atomic E-state index is -4.49. The molecule has 1 aromatic rings. The van der Waals surface area contributed by atoms with Crippen molar-refractivity contribution in [2.45, 2.75) is 32.0 Å². The van der Waals surface area contributed by atoms with Gasteiger partial charge < -0.3 is 14.7 Å². The van der Waals surface area contributed by atoms with E-state index in [1.165, 1.54) is 17.0 Å². The molecule has 1 aliphatic rings. The Morgan fingerprint density at radius 2 is 2.04 bits per heavy atom. The third kappa shape index (κ3) is 4.39. The van der Waals surface area contributed by atoms with Crippen molar-refractivity contribution < 1.29 is 32.6 Å². The number of nitrogens with zero attached hydrogens (tertiary/aromatic N) is 1. The molecule has 2 unspecified atom stereocenters. The number of carbonyl (C=O) groups is 2. The van der Waals surface area contributed by atoms with Crippen molar-refractivity contribution in [3.8, 4) is 5.75 Å². The topological polar surface area (TPSA) is 66.8 Å². The minimum Gasteiger partial charge on any atom is -0.484 e. The van der Waals surface area contributed by atoms with Crippen LogP contribution in [-0.4, -0.2) is 41.1 Å². The Kier molecular flexibility index (Phi) is 5.36. The number of halogens is 3. The number of hydrogen-bond acceptors (Lipinski definition) is 3. The zero-order valence-corrected chi connectivity index (χ0v) is 13.0. The molecule has 8 heteroatoms. The number of benzene rings is 1. The smallest absolute Gasteiger partial charge is 0.416 e. The number of hydrogen-bond donors (Lipinski definition) is 1. The van der Waals surface area contributed by atoms with E-state index in [0.29, 0.717) is 12.8 Å². The summed E-state index contributed by atoms with van der Waals surface area (Å²) in [6, 6.07) is 4.15. The number of carbonyl (C=O) groups excluding carboxylic acids is 1. The standard InChI is InChI=1S/C16H18F3NO4/c1-10-5-6-11(15(22)23)8-20(10)14(21)9-24-13-4-2-3-12(7-13)16(17,18)19/h2-4,7,10-11H,5-6,8-9H2,1H3,(H,22,23). The van der Waals surface area contributed by atoms with Crippen molar-refractivity contribution in [2.24, 2.45) is 5.92 Å². The van der Waals surface area contributed by atoms with Crippen molar-refractivity contribution >= 4 is 11.9 Å². The molecule has 1 amide bonds. The van der Waals surface area contributed by atoms with Gasteiger partial charge in [-0.15, -0.1) is 0 Å². The van der Waals surface area contributed by atoms with Gasteiger partial charge in [0.2, 0.25) is 0 Å². The normalized spacial score (nSPS) is 21.4. The van der Waals surface area contributed by atoms with E-state index < -0.39 is 36.1 Å². The summed E-state index contributed by atoms with van der Waals surface area (Å²) in [7, 11) is 0. The lowest BCUT2D eigenvalue weighted by Crippen LogP contribution is -2.49. The van der Waals surface area contributed by atoms with E-state index in [4.69, 9.17) is 9.84 Å². The second-order valence-corrected chi connectivity index (χ2v) is 5.82. The SMILES string of the molecule is CC1CCC(C(=O)O)CN1C(=O)COc1cccc(C(F)(F)F)c1. The number of amides is 1.